The van der Waals surface area contributed by atoms with Gasteiger partial charge in [-0.1, -0.05) is 29.3 Å². The Morgan fingerprint density at radius 1 is 1.56 bits per heavy atom. The second kappa shape index (κ2) is 4.46. The number of aliphatic hydroxyl groups is 1. The largest absolute Gasteiger partial charge is 0.389 e. The van der Waals surface area contributed by atoms with Gasteiger partial charge in [0.25, 0.3) is 0 Å². The maximum Gasteiger partial charge on any atom is 0.123 e. The van der Waals surface area contributed by atoms with Crippen LogP contribution in [0.15, 0.2) is 22.7 Å². The molecule has 88 valence electrons. The van der Waals surface area contributed by atoms with Crippen LogP contribution < -0.4 is 0 Å². The molecule has 0 saturated heterocycles. The summed E-state index contributed by atoms with van der Waals surface area (Å²) in [5.74, 6) is 0.0510. The standard InChI is InChI=1S/C13H16BrFO/c1-9-3-2-6-13(9,16)8-10-7-11(15)4-5-12(10)14/h4-5,7,9,16H,2-3,6,8H2,1H3. The van der Waals surface area contributed by atoms with E-state index in [1.807, 2.05) is 0 Å². The highest BCUT2D eigenvalue weighted by Crippen LogP contribution is 2.39. The van der Waals surface area contributed by atoms with Crippen LogP contribution in [0.25, 0.3) is 0 Å². The summed E-state index contributed by atoms with van der Waals surface area (Å²) in [4.78, 5) is 0. The van der Waals surface area contributed by atoms with E-state index in [0.717, 1.165) is 29.3 Å². The molecule has 1 saturated carbocycles. The molecule has 1 fully saturated rings. The summed E-state index contributed by atoms with van der Waals surface area (Å²) in [6.45, 7) is 2.07. The second-order valence-corrected chi connectivity index (χ2v) is 5.66. The molecule has 0 amide bonds. The van der Waals surface area contributed by atoms with Crippen LogP contribution in [0.1, 0.15) is 31.7 Å². The average Bonchev–Trinajstić information content (AvgIpc) is 2.53. The van der Waals surface area contributed by atoms with Crippen LogP contribution in [0.3, 0.4) is 0 Å². The normalized spacial score (nSPS) is 29.6. The molecule has 1 aromatic rings. The third kappa shape index (κ3) is 2.30. The minimum atomic E-state index is -0.656. The Kier molecular flexibility index (Phi) is 3.36. The molecule has 1 N–H and O–H groups in total. The smallest absolute Gasteiger partial charge is 0.123 e. The van der Waals surface area contributed by atoms with Crippen LogP contribution in [-0.2, 0) is 6.42 Å². The fraction of sp³-hybridized carbons (Fsp3) is 0.538. The predicted molar refractivity (Wildman–Crippen MR) is 65.8 cm³/mol. The average molecular weight is 287 g/mol. The van der Waals surface area contributed by atoms with Gasteiger partial charge in [0.1, 0.15) is 5.82 Å². The molecule has 2 unspecified atom stereocenters. The molecule has 0 radical (unpaired) electrons. The Morgan fingerprint density at radius 2 is 2.31 bits per heavy atom. The van der Waals surface area contributed by atoms with Gasteiger partial charge in [-0.25, -0.2) is 4.39 Å². The van der Waals surface area contributed by atoms with Crippen LogP contribution in [0.2, 0.25) is 0 Å². The molecular formula is C13H16BrFO. The SMILES string of the molecule is CC1CCCC1(O)Cc1cc(F)ccc1Br. The first-order valence-corrected chi connectivity index (χ1v) is 6.47. The van der Waals surface area contributed by atoms with Crippen molar-refractivity contribution in [1.82, 2.24) is 0 Å². The monoisotopic (exact) mass is 286 g/mol. The van der Waals surface area contributed by atoms with Crippen molar-refractivity contribution >= 4 is 15.9 Å². The molecule has 1 aromatic carbocycles. The number of halogens is 2. The van der Waals surface area contributed by atoms with E-state index in [0.29, 0.717) is 12.3 Å². The molecule has 0 bridgehead atoms. The maximum absolute atomic E-state index is 13.1. The molecule has 1 aliphatic carbocycles. The molecule has 1 aliphatic rings. The minimum absolute atomic E-state index is 0.243. The van der Waals surface area contributed by atoms with E-state index in [1.165, 1.54) is 12.1 Å². The quantitative estimate of drug-likeness (QED) is 0.879. The third-order valence-corrected chi connectivity index (χ3v) is 4.44. The molecule has 2 atom stereocenters. The van der Waals surface area contributed by atoms with Gasteiger partial charge in [0.05, 0.1) is 5.60 Å². The highest BCUT2D eigenvalue weighted by atomic mass is 79.9. The molecule has 0 aromatic heterocycles. The number of hydrogen-bond donors (Lipinski definition) is 1. The fourth-order valence-electron chi connectivity index (χ4n) is 2.50. The number of rotatable bonds is 2. The lowest BCUT2D eigenvalue weighted by molar-refractivity contribution is 0.00940. The van der Waals surface area contributed by atoms with Crippen molar-refractivity contribution in [3.05, 3.63) is 34.1 Å². The fourth-order valence-corrected chi connectivity index (χ4v) is 2.89. The van der Waals surface area contributed by atoms with Crippen LogP contribution in [0, 0.1) is 11.7 Å². The molecule has 3 heteroatoms. The van der Waals surface area contributed by atoms with Crippen molar-refractivity contribution < 1.29 is 9.50 Å². The third-order valence-electron chi connectivity index (χ3n) is 3.67. The Bertz CT molecular complexity index is 394. The lowest BCUT2D eigenvalue weighted by Gasteiger charge is -2.28. The molecule has 1 nitrogen and oxygen atoms in total. The van der Waals surface area contributed by atoms with Crippen molar-refractivity contribution in [3.8, 4) is 0 Å². The summed E-state index contributed by atoms with van der Waals surface area (Å²) in [6.07, 6.45) is 3.47. The van der Waals surface area contributed by atoms with Crippen molar-refractivity contribution in [3.63, 3.8) is 0 Å². The Labute approximate surface area is 104 Å². The summed E-state index contributed by atoms with van der Waals surface area (Å²) >= 11 is 3.40. The molecule has 2 rings (SSSR count). The van der Waals surface area contributed by atoms with Gasteiger partial charge < -0.3 is 5.11 Å². The van der Waals surface area contributed by atoms with Crippen molar-refractivity contribution in [1.29, 1.82) is 0 Å². The topological polar surface area (TPSA) is 20.2 Å². The maximum atomic E-state index is 13.1. The first-order chi connectivity index (χ1) is 7.51. The van der Waals surface area contributed by atoms with Gasteiger partial charge in [0.15, 0.2) is 0 Å². The van der Waals surface area contributed by atoms with Crippen LogP contribution >= 0.6 is 15.9 Å². The van der Waals surface area contributed by atoms with Crippen LogP contribution in [0.5, 0.6) is 0 Å². The number of benzene rings is 1. The van der Waals surface area contributed by atoms with Gasteiger partial charge in [-0.05, 0) is 42.5 Å². The highest BCUT2D eigenvalue weighted by molar-refractivity contribution is 9.10. The van der Waals surface area contributed by atoms with Gasteiger partial charge >= 0.3 is 0 Å². The van der Waals surface area contributed by atoms with E-state index in [-0.39, 0.29) is 5.82 Å². The molecule has 0 heterocycles. The van der Waals surface area contributed by atoms with Crippen molar-refractivity contribution in [2.75, 3.05) is 0 Å². The van der Waals surface area contributed by atoms with E-state index in [1.54, 1.807) is 6.07 Å². The van der Waals surface area contributed by atoms with E-state index in [4.69, 9.17) is 0 Å². The summed E-state index contributed by atoms with van der Waals surface area (Å²) < 4.78 is 14.0. The minimum Gasteiger partial charge on any atom is -0.389 e. The summed E-state index contributed by atoms with van der Waals surface area (Å²) in [7, 11) is 0. The van der Waals surface area contributed by atoms with E-state index < -0.39 is 5.60 Å². The van der Waals surface area contributed by atoms with Crippen molar-refractivity contribution in [2.45, 2.75) is 38.2 Å². The van der Waals surface area contributed by atoms with Gasteiger partial charge in [-0.15, -0.1) is 0 Å². The lowest BCUT2D eigenvalue weighted by atomic mass is 9.86. The van der Waals surface area contributed by atoms with E-state index in [2.05, 4.69) is 22.9 Å². The van der Waals surface area contributed by atoms with Gasteiger partial charge in [0, 0.05) is 10.9 Å². The van der Waals surface area contributed by atoms with E-state index in [9.17, 15) is 9.50 Å². The zero-order valence-corrected chi connectivity index (χ0v) is 10.9. The summed E-state index contributed by atoms with van der Waals surface area (Å²) in [5, 5.41) is 10.5. The zero-order chi connectivity index (χ0) is 11.8. The molecule has 0 aliphatic heterocycles. The van der Waals surface area contributed by atoms with Gasteiger partial charge in [-0.2, -0.15) is 0 Å². The number of hydrogen-bond acceptors (Lipinski definition) is 1. The highest BCUT2D eigenvalue weighted by Gasteiger charge is 2.38. The van der Waals surface area contributed by atoms with Gasteiger partial charge in [0.2, 0.25) is 0 Å². The van der Waals surface area contributed by atoms with Crippen molar-refractivity contribution in [2.24, 2.45) is 5.92 Å². The Hall–Kier alpha value is -0.410. The molecular weight excluding hydrogens is 271 g/mol. The van der Waals surface area contributed by atoms with Gasteiger partial charge in [-0.3, -0.25) is 0 Å². The first-order valence-electron chi connectivity index (χ1n) is 5.67. The lowest BCUT2D eigenvalue weighted by Crippen LogP contribution is -2.34. The zero-order valence-electron chi connectivity index (χ0n) is 9.34. The second-order valence-electron chi connectivity index (χ2n) is 4.81. The predicted octanol–water partition coefficient (Wildman–Crippen LogP) is 3.68. The molecule has 16 heavy (non-hydrogen) atoms. The summed E-state index contributed by atoms with van der Waals surface area (Å²) in [6, 6.07) is 4.64. The molecule has 0 spiro atoms. The summed E-state index contributed by atoms with van der Waals surface area (Å²) in [5.41, 5.74) is 0.201. The first kappa shape index (κ1) is 12.1. The Morgan fingerprint density at radius 3 is 2.94 bits per heavy atom. The van der Waals surface area contributed by atoms with E-state index >= 15 is 0 Å². The van der Waals surface area contributed by atoms with Crippen LogP contribution in [0.4, 0.5) is 4.39 Å². The van der Waals surface area contributed by atoms with Crippen LogP contribution in [-0.4, -0.2) is 10.7 Å². The Balaban J connectivity index is 2.23.